The lowest BCUT2D eigenvalue weighted by molar-refractivity contribution is -0.226. The molecule has 4 unspecified atom stereocenters. The van der Waals surface area contributed by atoms with Crippen LogP contribution in [0, 0.1) is 10.8 Å². The maximum atomic E-state index is 12.9. The summed E-state index contributed by atoms with van der Waals surface area (Å²) in [6, 6.07) is 0. The molecule has 2 aliphatic carbocycles. The van der Waals surface area contributed by atoms with E-state index in [1.165, 1.54) is 28.1 Å². The van der Waals surface area contributed by atoms with E-state index in [-0.39, 0.29) is 10.1 Å². The lowest BCUT2D eigenvalue weighted by Crippen LogP contribution is -2.61. The topological polar surface area (TPSA) is 71.1 Å². The van der Waals surface area contributed by atoms with Gasteiger partial charge in [-0.15, -0.1) is 23.2 Å². The van der Waals surface area contributed by atoms with Crippen molar-refractivity contribution in [1.29, 1.82) is 0 Å². The molecule has 0 amide bonds. The van der Waals surface area contributed by atoms with Crippen LogP contribution in [0.3, 0.4) is 0 Å². The second-order valence-electron chi connectivity index (χ2n) is 6.20. The second kappa shape index (κ2) is 5.88. The summed E-state index contributed by atoms with van der Waals surface area (Å²) in [4.78, 5) is 21.8. The van der Waals surface area contributed by atoms with Gasteiger partial charge in [0.1, 0.15) is 10.8 Å². The van der Waals surface area contributed by atoms with E-state index in [1.807, 2.05) is 0 Å². The Balaban J connectivity index is 3.11. The Morgan fingerprint density at radius 1 is 0.760 bits per heavy atom. The molecule has 0 aromatic heterocycles. The van der Waals surface area contributed by atoms with Crippen molar-refractivity contribution in [3.05, 3.63) is 10.1 Å². The second-order valence-corrected chi connectivity index (χ2v) is 8.09. The number of carbonyl (C=O) groups is 2. The fourth-order valence-electron chi connectivity index (χ4n) is 4.36. The van der Waals surface area contributed by atoms with Gasteiger partial charge in [-0.1, -0.05) is 23.2 Å². The van der Waals surface area contributed by atoms with Gasteiger partial charge in [-0.05, 0) is 13.8 Å². The highest BCUT2D eigenvalue weighted by Gasteiger charge is 2.96. The normalized spacial score (nSPS) is 41.8. The minimum absolute atomic E-state index is 0.163. The molecular weight excluding hydrogens is 418 g/mol. The van der Waals surface area contributed by atoms with Crippen LogP contribution in [0.1, 0.15) is 13.8 Å². The summed E-state index contributed by atoms with van der Waals surface area (Å²) in [6.07, 6.45) is 0. The van der Waals surface area contributed by atoms with Gasteiger partial charge >= 0.3 is 11.9 Å². The standard InChI is InChI=1S/C15H18Cl4O6/c1-11(9(20)22-3)12(2,10(21)23-4)14(19)8(17)7(16)13(11,18)15(14,24-5)25-6/h1-6H3. The first-order chi connectivity index (χ1) is 11.4. The van der Waals surface area contributed by atoms with Crippen molar-refractivity contribution in [2.75, 3.05) is 28.4 Å². The molecule has 0 saturated heterocycles. The first-order valence-corrected chi connectivity index (χ1v) is 8.63. The minimum atomic E-state index is -1.96. The SMILES string of the molecule is COC(=O)C1(C)C(C)(C(=O)OC)C2(Cl)C(Cl)=C(Cl)C1(Cl)C2(OC)OC. The van der Waals surface area contributed by atoms with Crippen molar-refractivity contribution in [3.8, 4) is 0 Å². The van der Waals surface area contributed by atoms with E-state index in [0.717, 1.165) is 14.2 Å². The number of alkyl halides is 2. The summed E-state index contributed by atoms with van der Waals surface area (Å²) < 4.78 is 21.0. The Kier molecular flexibility index (Phi) is 4.95. The molecule has 0 heterocycles. The first kappa shape index (κ1) is 21.1. The average molecular weight is 436 g/mol. The van der Waals surface area contributed by atoms with Gasteiger partial charge in [0.25, 0.3) is 0 Å². The van der Waals surface area contributed by atoms with Crippen LogP contribution >= 0.6 is 46.4 Å². The molecule has 2 aliphatic rings. The zero-order chi connectivity index (χ0) is 19.6. The van der Waals surface area contributed by atoms with Gasteiger partial charge in [-0.2, -0.15) is 0 Å². The van der Waals surface area contributed by atoms with Crippen molar-refractivity contribution in [1.82, 2.24) is 0 Å². The Morgan fingerprint density at radius 2 is 1.04 bits per heavy atom. The monoisotopic (exact) mass is 434 g/mol. The van der Waals surface area contributed by atoms with Gasteiger partial charge in [0.15, 0.2) is 9.75 Å². The minimum Gasteiger partial charge on any atom is -0.469 e. The molecule has 1 fully saturated rings. The number of fused-ring (bicyclic) bond motifs is 2. The van der Waals surface area contributed by atoms with Crippen molar-refractivity contribution in [2.24, 2.45) is 10.8 Å². The van der Waals surface area contributed by atoms with E-state index >= 15 is 0 Å². The van der Waals surface area contributed by atoms with Crippen molar-refractivity contribution >= 4 is 58.3 Å². The molecule has 2 bridgehead atoms. The third-order valence-corrected chi connectivity index (χ3v) is 8.71. The summed E-state index contributed by atoms with van der Waals surface area (Å²) in [5.41, 5.74) is -3.68. The van der Waals surface area contributed by atoms with Crippen LogP contribution in [0.4, 0.5) is 0 Å². The summed E-state index contributed by atoms with van der Waals surface area (Å²) in [6.45, 7) is 2.79. The number of esters is 2. The molecule has 1 saturated carbocycles. The average Bonchev–Trinajstić information content (AvgIpc) is 2.82. The third kappa shape index (κ3) is 1.64. The fraction of sp³-hybridized carbons (Fsp3) is 0.733. The van der Waals surface area contributed by atoms with E-state index in [1.54, 1.807) is 0 Å². The fourth-order valence-corrected chi connectivity index (χ4v) is 6.73. The van der Waals surface area contributed by atoms with Gasteiger partial charge in [0.2, 0.25) is 5.79 Å². The van der Waals surface area contributed by atoms with E-state index in [4.69, 9.17) is 65.4 Å². The summed E-state index contributed by atoms with van der Waals surface area (Å²) in [7, 11) is 4.83. The molecule has 142 valence electrons. The van der Waals surface area contributed by atoms with Crippen molar-refractivity contribution in [3.63, 3.8) is 0 Å². The molecule has 6 nitrogen and oxygen atoms in total. The molecule has 10 heteroatoms. The number of halogens is 4. The molecule has 25 heavy (non-hydrogen) atoms. The van der Waals surface area contributed by atoms with Gasteiger partial charge in [0, 0.05) is 14.2 Å². The number of methoxy groups -OCH3 is 4. The number of hydrogen-bond donors (Lipinski definition) is 0. The summed E-state index contributed by atoms with van der Waals surface area (Å²) in [5, 5.41) is -0.326. The van der Waals surface area contributed by atoms with E-state index in [9.17, 15) is 9.59 Å². The van der Waals surface area contributed by atoms with Crippen LogP contribution in [0.25, 0.3) is 0 Å². The van der Waals surface area contributed by atoms with Crippen LogP contribution < -0.4 is 0 Å². The van der Waals surface area contributed by atoms with Gasteiger partial charge < -0.3 is 18.9 Å². The molecule has 0 aromatic carbocycles. The lowest BCUT2D eigenvalue weighted by Gasteiger charge is -2.48. The highest BCUT2D eigenvalue weighted by molar-refractivity contribution is 6.53. The zero-order valence-electron chi connectivity index (χ0n) is 14.5. The van der Waals surface area contributed by atoms with E-state index < -0.39 is 38.3 Å². The predicted molar refractivity (Wildman–Crippen MR) is 92.9 cm³/mol. The van der Waals surface area contributed by atoms with Gasteiger partial charge in [-0.25, -0.2) is 0 Å². The molecule has 4 atom stereocenters. The van der Waals surface area contributed by atoms with Crippen LogP contribution in [0.2, 0.25) is 0 Å². The first-order valence-electron chi connectivity index (χ1n) is 7.11. The molecule has 0 N–H and O–H groups in total. The highest BCUT2D eigenvalue weighted by atomic mass is 35.5. The maximum absolute atomic E-state index is 12.9. The highest BCUT2D eigenvalue weighted by Crippen LogP contribution is 2.82. The third-order valence-electron chi connectivity index (χ3n) is 5.84. The van der Waals surface area contributed by atoms with Gasteiger partial charge in [0.05, 0.1) is 24.3 Å². The maximum Gasteiger partial charge on any atom is 0.315 e. The smallest absolute Gasteiger partial charge is 0.315 e. The molecular formula is C15H18Cl4O6. The largest absolute Gasteiger partial charge is 0.469 e. The zero-order valence-corrected chi connectivity index (χ0v) is 17.5. The number of carbonyl (C=O) groups excluding carboxylic acids is 2. The van der Waals surface area contributed by atoms with Crippen LogP contribution in [-0.2, 0) is 28.5 Å². The molecule has 0 radical (unpaired) electrons. The van der Waals surface area contributed by atoms with Gasteiger partial charge in [-0.3, -0.25) is 9.59 Å². The van der Waals surface area contributed by atoms with Crippen molar-refractivity contribution < 1.29 is 28.5 Å². The number of rotatable bonds is 4. The molecule has 0 aliphatic heterocycles. The molecule has 0 aromatic rings. The number of ether oxygens (including phenoxy) is 4. The van der Waals surface area contributed by atoms with Crippen LogP contribution in [0.5, 0.6) is 0 Å². The molecule has 2 rings (SSSR count). The quantitative estimate of drug-likeness (QED) is 0.384. The Bertz CT molecular complexity index is 625. The van der Waals surface area contributed by atoms with Crippen LogP contribution in [0.15, 0.2) is 10.1 Å². The lowest BCUT2D eigenvalue weighted by atomic mass is 9.59. The Labute approximate surface area is 165 Å². The predicted octanol–water partition coefficient (Wildman–Crippen LogP) is 3.01. The van der Waals surface area contributed by atoms with Crippen LogP contribution in [-0.4, -0.2) is 55.9 Å². The number of hydrogen-bond acceptors (Lipinski definition) is 6. The molecule has 0 spiro atoms. The summed E-state index contributed by atoms with van der Waals surface area (Å²) in [5.74, 6) is -3.65. The Morgan fingerprint density at radius 3 is 1.24 bits per heavy atom. The van der Waals surface area contributed by atoms with E-state index in [0.29, 0.717) is 0 Å². The Hall–Kier alpha value is -0.240. The van der Waals surface area contributed by atoms with Crippen molar-refractivity contribution in [2.45, 2.75) is 29.4 Å². The summed E-state index contributed by atoms with van der Waals surface area (Å²) >= 11 is 26.6. The van der Waals surface area contributed by atoms with E-state index in [2.05, 4.69) is 0 Å².